The summed E-state index contributed by atoms with van der Waals surface area (Å²) in [5, 5.41) is 0. The van der Waals surface area contributed by atoms with Gasteiger partial charge in [-0.3, -0.25) is 4.79 Å². The Morgan fingerprint density at radius 3 is 2.88 bits per heavy atom. The molecule has 0 radical (unpaired) electrons. The average Bonchev–Trinajstić information content (AvgIpc) is 2.27. The maximum Gasteiger partial charge on any atom is 0.237 e. The standard InChI is InChI=1S/C12H25N3O2/c1-12(14,11(13)16)5-7-15-6-3-4-10(8-15)9-17-2/h10H,3-9,14H2,1-2H3,(H2,13,16). The van der Waals surface area contributed by atoms with Gasteiger partial charge in [-0.2, -0.15) is 0 Å². The van der Waals surface area contributed by atoms with E-state index in [9.17, 15) is 4.79 Å². The molecule has 0 saturated carbocycles. The molecule has 1 aliphatic heterocycles. The van der Waals surface area contributed by atoms with E-state index in [1.165, 1.54) is 12.8 Å². The number of piperidine rings is 1. The molecule has 2 unspecified atom stereocenters. The fraction of sp³-hybridized carbons (Fsp3) is 0.917. The van der Waals surface area contributed by atoms with Crippen LogP contribution in [0, 0.1) is 5.92 Å². The zero-order chi connectivity index (χ0) is 12.9. The second-order valence-corrected chi connectivity index (χ2v) is 5.30. The van der Waals surface area contributed by atoms with Crippen LogP contribution in [0.5, 0.6) is 0 Å². The maximum atomic E-state index is 11.1. The van der Waals surface area contributed by atoms with E-state index in [1.54, 1.807) is 14.0 Å². The third-order valence-corrected chi connectivity index (χ3v) is 3.52. The minimum absolute atomic E-state index is 0.428. The van der Waals surface area contributed by atoms with E-state index >= 15 is 0 Å². The van der Waals surface area contributed by atoms with Crippen LogP contribution in [0.1, 0.15) is 26.2 Å². The lowest BCUT2D eigenvalue weighted by Crippen LogP contribution is -2.51. The Kier molecular flexibility index (Phi) is 5.36. The normalized spacial score (nSPS) is 25.5. The Hall–Kier alpha value is -0.650. The van der Waals surface area contributed by atoms with E-state index in [0.717, 1.165) is 26.2 Å². The van der Waals surface area contributed by atoms with Crippen LogP contribution in [-0.4, -0.2) is 49.7 Å². The molecule has 100 valence electrons. The summed E-state index contributed by atoms with van der Waals surface area (Å²) in [6.07, 6.45) is 3.02. The molecule has 2 atom stereocenters. The van der Waals surface area contributed by atoms with Crippen LogP contribution in [0.25, 0.3) is 0 Å². The molecule has 4 N–H and O–H groups in total. The van der Waals surface area contributed by atoms with Gasteiger partial charge in [0.15, 0.2) is 0 Å². The van der Waals surface area contributed by atoms with Gasteiger partial charge in [-0.05, 0) is 38.6 Å². The predicted molar refractivity (Wildman–Crippen MR) is 67.4 cm³/mol. The highest BCUT2D eigenvalue weighted by Crippen LogP contribution is 2.18. The van der Waals surface area contributed by atoms with Crippen LogP contribution in [0.2, 0.25) is 0 Å². The first-order valence-corrected chi connectivity index (χ1v) is 6.26. The zero-order valence-corrected chi connectivity index (χ0v) is 10.9. The number of amides is 1. The van der Waals surface area contributed by atoms with Crippen molar-refractivity contribution < 1.29 is 9.53 Å². The molecule has 1 amide bonds. The van der Waals surface area contributed by atoms with E-state index in [1.807, 2.05) is 0 Å². The third kappa shape index (κ3) is 4.61. The summed E-state index contributed by atoms with van der Waals surface area (Å²) >= 11 is 0. The summed E-state index contributed by atoms with van der Waals surface area (Å²) < 4.78 is 5.19. The second-order valence-electron chi connectivity index (χ2n) is 5.30. The Bertz CT molecular complexity index is 254. The van der Waals surface area contributed by atoms with Crippen molar-refractivity contribution in [3.05, 3.63) is 0 Å². The Morgan fingerprint density at radius 1 is 1.59 bits per heavy atom. The number of ether oxygens (including phenoxy) is 1. The van der Waals surface area contributed by atoms with Gasteiger partial charge < -0.3 is 21.1 Å². The molecule has 5 heteroatoms. The summed E-state index contributed by atoms with van der Waals surface area (Å²) in [5.41, 5.74) is 10.2. The number of carbonyl (C=O) groups is 1. The van der Waals surface area contributed by atoms with Gasteiger partial charge >= 0.3 is 0 Å². The zero-order valence-electron chi connectivity index (χ0n) is 10.9. The van der Waals surface area contributed by atoms with Crippen molar-refractivity contribution in [2.45, 2.75) is 31.7 Å². The highest BCUT2D eigenvalue weighted by Gasteiger charge is 2.27. The van der Waals surface area contributed by atoms with Crippen molar-refractivity contribution in [3.63, 3.8) is 0 Å². The number of carbonyl (C=O) groups excluding carboxylic acids is 1. The van der Waals surface area contributed by atoms with Crippen LogP contribution >= 0.6 is 0 Å². The average molecular weight is 243 g/mol. The lowest BCUT2D eigenvalue weighted by molar-refractivity contribution is -0.122. The van der Waals surface area contributed by atoms with Crippen molar-refractivity contribution in [2.24, 2.45) is 17.4 Å². The molecule has 1 heterocycles. The fourth-order valence-corrected chi connectivity index (χ4v) is 2.24. The van der Waals surface area contributed by atoms with Gasteiger partial charge in [0.05, 0.1) is 12.1 Å². The number of nitrogens with two attached hydrogens (primary N) is 2. The summed E-state index contributed by atoms with van der Waals surface area (Å²) in [7, 11) is 1.74. The minimum Gasteiger partial charge on any atom is -0.384 e. The van der Waals surface area contributed by atoms with Crippen molar-refractivity contribution in [1.29, 1.82) is 0 Å². The number of primary amides is 1. The van der Waals surface area contributed by atoms with Gasteiger partial charge in [-0.15, -0.1) is 0 Å². The van der Waals surface area contributed by atoms with Crippen molar-refractivity contribution in [2.75, 3.05) is 33.4 Å². The first kappa shape index (κ1) is 14.4. The monoisotopic (exact) mass is 243 g/mol. The highest BCUT2D eigenvalue weighted by molar-refractivity contribution is 5.83. The Balaban J connectivity index is 2.34. The molecule has 0 aromatic rings. The first-order valence-electron chi connectivity index (χ1n) is 6.26. The minimum atomic E-state index is -0.895. The molecule has 0 aliphatic carbocycles. The van der Waals surface area contributed by atoms with Crippen LogP contribution in [0.15, 0.2) is 0 Å². The van der Waals surface area contributed by atoms with Crippen LogP contribution in [0.3, 0.4) is 0 Å². The summed E-state index contributed by atoms with van der Waals surface area (Å²) in [6, 6.07) is 0. The van der Waals surface area contributed by atoms with E-state index in [2.05, 4.69) is 4.90 Å². The number of hydrogen-bond acceptors (Lipinski definition) is 4. The number of rotatable bonds is 6. The van der Waals surface area contributed by atoms with Crippen LogP contribution in [-0.2, 0) is 9.53 Å². The van der Waals surface area contributed by atoms with Gasteiger partial charge in [-0.25, -0.2) is 0 Å². The Morgan fingerprint density at radius 2 is 2.29 bits per heavy atom. The quantitative estimate of drug-likeness (QED) is 0.684. The van der Waals surface area contributed by atoms with Crippen molar-refractivity contribution in [3.8, 4) is 0 Å². The molecule has 17 heavy (non-hydrogen) atoms. The number of methoxy groups -OCH3 is 1. The van der Waals surface area contributed by atoms with E-state index in [0.29, 0.717) is 12.3 Å². The maximum absolute atomic E-state index is 11.1. The predicted octanol–water partition coefficient (Wildman–Crippen LogP) is -0.0624. The molecule has 0 spiro atoms. The molecule has 0 aromatic carbocycles. The number of likely N-dealkylation sites (tertiary alicyclic amines) is 1. The fourth-order valence-electron chi connectivity index (χ4n) is 2.24. The summed E-state index contributed by atoms with van der Waals surface area (Å²) in [5.74, 6) is 0.175. The third-order valence-electron chi connectivity index (χ3n) is 3.52. The molecule has 0 aromatic heterocycles. The SMILES string of the molecule is COCC1CCCN(CCC(C)(N)C(N)=O)C1. The van der Waals surface area contributed by atoms with Gasteiger partial charge in [0.2, 0.25) is 5.91 Å². The molecular formula is C12H25N3O2. The first-order chi connectivity index (χ1) is 7.95. The van der Waals surface area contributed by atoms with Crippen molar-refractivity contribution >= 4 is 5.91 Å². The molecule has 1 aliphatic rings. The van der Waals surface area contributed by atoms with Gasteiger partial charge in [0.25, 0.3) is 0 Å². The molecular weight excluding hydrogens is 218 g/mol. The molecule has 1 rings (SSSR count). The highest BCUT2D eigenvalue weighted by atomic mass is 16.5. The molecule has 1 fully saturated rings. The Labute approximate surface area is 103 Å². The van der Waals surface area contributed by atoms with E-state index in [4.69, 9.17) is 16.2 Å². The topological polar surface area (TPSA) is 81.6 Å². The number of nitrogens with zero attached hydrogens (tertiary/aromatic N) is 1. The van der Waals surface area contributed by atoms with Crippen molar-refractivity contribution in [1.82, 2.24) is 4.90 Å². The van der Waals surface area contributed by atoms with Gasteiger partial charge in [-0.1, -0.05) is 0 Å². The molecule has 1 saturated heterocycles. The summed E-state index contributed by atoms with van der Waals surface area (Å²) in [4.78, 5) is 13.5. The smallest absolute Gasteiger partial charge is 0.237 e. The van der Waals surface area contributed by atoms with Crippen LogP contribution < -0.4 is 11.5 Å². The second kappa shape index (κ2) is 6.33. The largest absolute Gasteiger partial charge is 0.384 e. The van der Waals surface area contributed by atoms with Gasteiger partial charge in [0.1, 0.15) is 0 Å². The lowest BCUT2D eigenvalue weighted by atomic mass is 9.95. The number of hydrogen-bond donors (Lipinski definition) is 2. The summed E-state index contributed by atoms with van der Waals surface area (Å²) in [6.45, 7) is 5.45. The molecule has 0 bridgehead atoms. The van der Waals surface area contributed by atoms with E-state index < -0.39 is 11.4 Å². The van der Waals surface area contributed by atoms with Crippen LogP contribution in [0.4, 0.5) is 0 Å². The van der Waals surface area contributed by atoms with E-state index in [-0.39, 0.29) is 0 Å². The lowest BCUT2D eigenvalue weighted by Gasteiger charge is -2.34. The van der Waals surface area contributed by atoms with Gasteiger partial charge in [0, 0.05) is 20.2 Å². The molecule has 5 nitrogen and oxygen atoms in total.